The average molecular weight is 434 g/mol. The first-order valence-electron chi connectivity index (χ1n) is 10.7. The second kappa shape index (κ2) is 8.63. The van der Waals surface area contributed by atoms with Gasteiger partial charge >= 0.3 is 0 Å². The van der Waals surface area contributed by atoms with E-state index < -0.39 is 5.60 Å². The molecule has 2 aromatic heterocycles. The van der Waals surface area contributed by atoms with Crippen molar-refractivity contribution in [1.29, 1.82) is 0 Å². The number of halogens is 1. The Balaban J connectivity index is 1.27. The molecule has 4 heterocycles. The molecular formula is C24H23FN4O3. The Morgan fingerprint density at radius 2 is 2.00 bits per heavy atom. The highest BCUT2D eigenvalue weighted by Gasteiger charge is 2.45. The largest absolute Gasteiger partial charge is 0.488 e. The van der Waals surface area contributed by atoms with Crippen molar-refractivity contribution < 1.29 is 18.7 Å². The number of likely N-dealkylation sites (tertiary alicyclic amines) is 1. The van der Waals surface area contributed by atoms with Crippen LogP contribution in [0.3, 0.4) is 0 Å². The minimum absolute atomic E-state index is 0.0453. The van der Waals surface area contributed by atoms with Crippen LogP contribution in [-0.2, 0) is 4.74 Å². The SMILES string of the molecule is O=C(c1ccnc(-c2cncnc2)c1)N1CCC[C@]2(C[C@@H](Oc3ccc(F)cc3)CO2)C1. The van der Waals surface area contributed by atoms with Crippen LogP contribution in [0.15, 0.2) is 61.3 Å². The number of benzene rings is 1. The predicted molar refractivity (Wildman–Crippen MR) is 115 cm³/mol. The highest BCUT2D eigenvalue weighted by atomic mass is 19.1. The normalized spacial score (nSPS) is 22.8. The van der Waals surface area contributed by atoms with Crippen LogP contribution in [0.25, 0.3) is 11.3 Å². The summed E-state index contributed by atoms with van der Waals surface area (Å²) in [6, 6.07) is 9.51. The fourth-order valence-corrected chi connectivity index (χ4v) is 4.47. The Morgan fingerprint density at radius 3 is 2.81 bits per heavy atom. The molecule has 2 saturated heterocycles. The molecule has 2 aliphatic rings. The van der Waals surface area contributed by atoms with Crippen LogP contribution in [-0.4, -0.2) is 57.2 Å². The van der Waals surface area contributed by atoms with Gasteiger partial charge in [-0.2, -0.15) is 0 Å². The molecule has 5 rings (SSSR count). The molecule has 0 bridgehead atoms. The van der Waals surface area contributed by atoms with Gasteiger partial charge in [0.2, 0.25) is 0 Å². The van der Waals surface area contributed by atoms with E-state index in [1.807, 2.05) is 4.90 Å². The van der Waals surface area contributed by atoms with Gasteiger partial charge in [0, 0.05) is 42.7 Å². The van der Waals surface area contributed by atoms with Gasteiger partial charge in [-0.25, -0.2) is 14.4 Å². The molecule has 0 aliphatic carbocycles. The van der Waals surface area contributed by atoms with Crippen LogP contribution in [0.5, 0.6) is 5.75 Å². The van der Waals surface area contributed by atoms with Crippen LogP contribution in [0, 0.1) is 5.82 Å². The summed E-state index contributed by atoms with van der Waals surface area (Å²) < 4.78 is 25.3. The predicted octanol–water partition coefficient (Wildman–Crippen LogP) is 3.52. The van der Waals surface area contributed by atoms with Crippen LogP contribution < -0.4 is 4.74 Å². The molecule has 0 unspecified atom stereocenters. The van der Waals surface area contributed by atoms with Gasteiger partial charge in [0.15, 0.2) is 0 Å². The number of pyridine rings is 1. The molecule has 8 heteroatoms. The molecule has 32 heavy (non-hydrogen) atoms. The van der Waals surface area contributed by atoms with Gasteiger partial charge in [0.1, 0.15) is 24.0 Å². The van der Waals surface area contributed by atoms with Gasteiger partial charge in [-0.1, -0.05) is 0 Å². The van der Waals surface area contributed by atoms with E-state index >= 15 is 0 Å². The molecule has 2 fully saturated rings. The lowest BCUT2D eigenvalue weighted by Gasteiger charge is -2.39. The third-order valence-electron chi connectivity index (χ3n) is 5.98. The van der Waals surface area contributed by atoms with E-state index in [4.69, 9.17) is 9.47 Å². The van der Waals surface area contributed by atoms with Gasteiger partial charge in [0.25, 0.3) is 5.91 Å². The zero-order valence-corrected chi connectivity index (χ0v) is 17.5. The van der Waals surface area contributed by atoms with Crippen LogP contribution in [0.1, 0.15) is 29.6 Å². The van der Waals surface area contributed by atoms with Crippen molar-refractivity contribution in [2.24, 2.45) is 0 Å². The molecule has 164 valence electrons. The first kappa shape index (κ1) is 20.5. The highest BCUT2D eigenvalue weighted by Crippen LogP contribution is 2.36. The van der Waals surface area contributed by atoms with Crippen molar-refractivity contribution in [1.82, 2.24) is 19.9 Å². The van der Waals surface area contributed by atoms with E-state index in [9.17, 15) is 9.18 Å². The second-order valence-electron chi connectivity index (χ2n) is 8.28. The molecule has 0 saturated carbocycles. The van der Waals surface area contributed by atoms with Crippen molar-refractivity contribution in [3.8, 4) is 17.0 Å². The van der Waals surface area contributed by atoms with Gasteiger partial charge in [-0.15, -0.1) is 0 Å². The summed E-state index contributed by atoms with van der Waals surface area (Å²) in [7, 11) is 0. The number of aromatic nitrogens is 3. The number of nitrogens with zero attached hydrogens (tertiary/aromatic N) is 4. The summed E-state index contributed by atoms with van der Waals surface area (Å²) in [6.07, 6.45) is 8.75. The third kappa shape index (κ3) is 4.31. The Kier molecular flexibility index (Phi) is 5.53. The Morgan fingerprint density at radius 1 is 1.19 bits per heavy atom. The number of hydrogen-bond acceptors (Lipinski definition) is 6. The summed E-state index contributed by atoms with van der Waals surface area (Å²) in [6.45, 7) is 1.65. The standard InChI is InChI=1S/C24H23FN4O3/c25-19-2-4-20(5-3-19)32-21-11-24(31-14-21)7-1-9-29(15-24)23(30)17-6-8-28-22(10-17)18-12-26-16-27-13-18/h2-6,8,10,12-13,16,21H,1,7,9,11,14-15H2/t21-,24+/m1/s1. The smallest absolute Gasteiger partial charge is 0.254 e. The number of carbonyl (C=O) groups is 1. The summed E-state index contributed by atoms with van der Waals surface area (Å²) in [5, 5.41) is 0. The number of rotatable bonds is 4. The highest BCUT2D eigenvalue weighted by molar-refractivity contribution is 5.95. The van der Waals surface area contributed by atoms with E-state index in [0.717, 1.165) is 18.4 Å². The first-order chi connectivity index (χ1) is 15.6. The lowest BCUT2D eigenvalue weighted by Crippen LogP contribution is -2.50. The summed E-state index contributed by atoms with van der Waals surface area (Å²) in [5.41, 5.74) is 1.58. The maximum absolute atomic E-state index is 13.3. The maximum Gasteiger partial charge on any atom is 0.254 e. The molecule has 1 amide bonds. The Bertz CT molecular complexity index is 1100. The first-order valence-corrected chi connectivity index (χ1v) is 10.7. The van der Waals surface area contributed by atoms with Crippen molar-refractivity contribution in [3.05, 3.63) is 72.7 Å². The van der Waals surface area contributed by atoms with Crippen LogP contribution in [0.4, 0.5) is 4.39 Å². The number of carbonyl (C=O) groups excluding carboxylic acids is 1. The third-order valence-corrected chi connectivity index (χ3v) is 5.98. The molecule has 1 spiro atoms. The van der Waals surface area contributed by atoms with E-state index in [1.54, 1.807) is 42.9 Å². The monoisotopic (exact) mass is 434 g/mol. The summed E-state index contributed by atoms with van der Waals surface area (Å²) in [4.78, 5) is 27.5. The van der Waals surface area contributed by atoms with E-state index in [0.29, 0.717) is 43.1 Å². The fourth-order valence-electron chi connectivity index (χ4n) is 4.47. The lowest BCUT2D eigenvalue weighted by molar-refractivity contribution is -0.0453. The van der Waals surface area contributed by atoms with Crippen molar-refractivity contribution in [2.75, 3.05) is 19.7 Å². The minimum Gasteiger partial charge on any atom is -0.488 e. The van der Waals surface area contributed by atoms with Crippen molar-refractivity contribution >= 4 is 5.91 Å². The summed E-state index contributed by atoms with van der Waals surface area (Å²) in [5.74, 6) is 0.281. The molecular weight excluding hydrogens is 411 g/mol. The van der Waals surface area contributed by atoms with Crippen molar-refractivity contribution in [3.63, 3.8) is 0 Å². The number of hydrogen-bond donors (Lipinski definition) is 0. The summed E-state index contributed by atoms with van der Waals surface area (Å²) >= 11 is 0. The fraction of sp³-hybridized carbons (Fsp3) is 0.333. The van der Waals surface area contributed by atoms with Gasteiger partial charge in [-0.3, -0.25) is 9.78 Å². The zero-order chi connectivity index (χ0) is 22.0. The number of amides is 1. The Hall–Kier alpha value is -3.39. The molecule has 1 aromatic carbocycles. The van der Waals surface area contributed by atoms with E-state index in [2.05, 4.69) is 15.0 Å². The van der Waals surface area contributed by atoms with Gasteiger partial charge in [0.05, 0.1) is 24.4 Å². The quantitative estimate of drug-likeness (QED) is 0.625. The molecule has 2 atom stereocenters. The average Bonchev–Trinajstić information content (AvgIpc) is 3.22. The minimum atomic E-state index is -0.415. The topological polar surface area (TPSA) is 77.4 Å². The van der Waals surface area contributed by atoms with Gasteiger partial charge < -0.3 is 14.4 Å². The Labute approximate surface area is 185 Å². The number of piperidine rings is 1. The van der Waals surface area contributed by atoms with Crippen molar-refractivity contribution in [2.45, 2.75) is 31.0 Å². The zero-order valence-electron chi connectivity index (χ0n) is 17.5. The molecule has 0 N–H and O–H groups in total. The molecule has 3 aromatic rings. The lowest BCUT2D eigenvalue weighted by atomic mass is 9.89. The maximum atomic E-state index is 13.3. The van der Waals surface area contributed by atoms with E-state index in [1.165, 1.54) is 18.5 Å². The van der Waals surface area contributed by atoms with E-state index in [-0.39, 0.29) is 17.8 Å². The van der Waals surface area contributed by atoms with Crippen LogP contribution >= 0.6 is 0 Å². The van der Waals surface area contributed by atoms with Gasteiger partial charge in [-0.05, 0) is 49.2 Å². The molecule has 7 nitrogen and oxygen atoms in total. The molecule has 2 aliphatic heterocycles. The number of ether oxygens (including phenoxy) is 2. The van der Waals surface area contributed by atoms with Crippen LogP contribution in [0.2, 0.25) is 0 Å². The second-order valence-corrected chi connectivity index (χ2v) is 8.28. The molecule has 0 radical (unpaired) electrons.